The van der Waals surface area contributed by atoms with Crippen molar-refractivity contribution in [1.82, 2.24) is 26.2 Å². The summed E-state index contributed by atoms with van der Waals surface area (Å²) in [4.78, 5) is 71.6. The lowest BCUT2D eigenvalue weighted by Crippen LogP contribution is -2.48. The van der Waals surface area contributed by atoms with Crippen LogP contribution in [0.5, 0.6) is 0 Å². The Labute approximate surface area is 238 Å². The SMILES string of the molecule is CC1(C(=O)NCC(=O)N2CCCC2)CCC1.CCC.O=CNC(CC1CCNC1=O)C(=O)C(=O)NC1CCCC1. The fourth-order valence-corrected chi connectivity index (χ4v) is 5.35. The lowest BCUT2D eigenvalue weighted by Gasteiger charge is -2.36. The Morgan fingerprint density at radius 3 is 2.15 bits per heavy atom. The van der Waals surface area contributed by atoms with Gasteiger partial charge in [0.05, 0.1) is 12.6 Å². The van der Waals surface area contributed by atoms with E-state index in [0.29, 0.717) is 19.4 Å². The van der Waals surface area contributed by atoms with Gasteiger partial charge in [-0.25, -0.2) is 0 Å². The van der Waals surface area contributed by atoms with E-state index in [1.54, 1.807) is 0 Å². The molecule has 2 unspecified atom stereocenters. The number of hydrogen-bond donors (Lipinski definition) is 4. The molecule has 2 saturated heterocycles. The van der Waals surface area contributed by atoms with Gasteiger partial charge in [-0.05, 0) is 51.4 Å². The number of Topliss-reactive ketones (excluding diaryl/α,β-unsaturated/α-hetero) is 1. The second kappa shape index (κ2) is 17.0. The fraction of sp³-hybridized carbons (Fsp3) is 0.793. The Balaban J connectivity index is 0.000000262. The van der Waals surface area contributed by atoms with Gasteiger partial charge in [0, 0.05) is 37.0 Å². The van der Waals surface area contributed by atoms with E-state index in [1.807, 2.05) is 11.8 Å². The summed E-state index contributed by atoms with van der Waals surface area (Å²) in [6.45, 7) is 8.68. The maximum Gasteiger partial charge on any atom is 0.289 e. The van der Waals surface area contributed by atoms with Crippen LogP contribution < -0.4 is 21.3 Å². The van der Waals surface area contributed by atoms with Crippen LogP contribution in [0.15, 0.2) is 0 Å². The molecule has 2 atom stereocenters. The average molecular weight is 564 g/mol. The van der Waals surface area contributed by atoms with E-state index in [2.05, 4.69) is 35.1 Å². The molecule has 5 amide bonds. The number of ketones is 1. The van der Waals surface area contributed by atoms with E-state index >= 15 is 0 Å². The van der Waals surface area contributed by atoms with Gasteiger partial charge in [-0.1, -0.05) is 46.5 Å². The molecule has 0 aromatic heterocycles. The molecule has 0 aromatic rings. The molecule has 4 rings (SSSR count). The molecule has 4 aliphatic rings. The van der Waals surface area contributed by atoms with Crippen molar-refractivity contribution < 1.29 is 28.8 Å². The van der Waals surface area contributed by atoms with Gasteiger partial charge in [-0.3, -0.25) is 28.8 Å². The van der Waals surface area contributed by atoms with Crippen LogP contribution in [0.1, 0.15) is 97.8 Å². The Bertz CT molecular complexity index is 878. The number of hydrogen-bond acceptors (Lipinski definition) is 6. The predicted molar refractivity (Wildman–Crippen MR) is 151 cm³/mol. The molecule has 11 heteroatoms. The topological polar surface area (TPSA) is 154 Å². The molecule has 2 aliphatic carbocycles. The van der Waals surface area contributed by atoms with Crippen LogP contribution in [0.3, 0.4) is 0 Å². The lowest BCUT2D eigenvalue weighted by atomic mass is 9.70. The summed E-state index contributed by atoms with van der Waals surface area (Å²) >= 11 is 0. The van der Waals surface area contributed by atoms with Crippen LogP contribution in [-0.2, 0) is 28.8 Å². The molecular formula is C29H49N5O6. The summed E-state index contributed by atoms with van der Waals surface area (Å²) in [5.41, 5.74) is -0.203. The lowest BCUT2D eigenvalue weighted by molar-refractivity contribution is -0.140. The van der Waals surface area contributed by atoms with Gasteiger partial charge in [0.1, 0.15) is 0 Å². The quantitative estimate of drug-likeness (QED) is 0.234. The van der Waals surface area contributed by atoms with E-state index in [0.717, 1.165) is 70.9 Å². The fourth-order valence-electron chi connectivity index (χ4n) is 5.35. The van der Waals surface area contributed by atoms with Crippen molar-refractivity contribution in [2.24, 2.45) is 11.3 Å². The Morgan fingerprint density at radius 1 is 1.02 bits per heavy atom. The van der Waals surface area contributed by atoms with Gasteiger partial charge in [-0.2, -0.15) is 0 Å². The number of amides is 5. The molecule has 0 aromatic carbocycles. The van der Waals surface area contributed by atoms with Crippen LogP contribution in [0.25, 0.3) is 0 Å². The highest BCUT2D eigenvalue weighted by molar-refractivity contribution is 6.38. The first-order valence-electron chi connectivity index (χ1n) is 15.0. The van der Waals surface area contributed by atoms with E-state index in [-0.39, 0.29) is 48.1 Å². The Kier molecular flexibility index (Phi) is 14.1. The largest absolute Gasteiger partial charge is 0.356 e. The van der Waals surface area contributed by atoms with Gasteiger partial charge in [0.2, 0.25) is 29.9 Å². The summed E-state index contributed by atoms with van der Waals surface area (Å²) in [5, 5.41) is 10.5. The van der Waals surface area contributed by atoms with E-state index in [4.69, 9.17) is 0 Å². The number of nitrogens with one attached hydrogen (secondary N) is 4. The number of rotatable bonds is 10. The van der Waals surface area contributed by atoms with Crippen LogP contribution in [0, 0.1) is 11.3 Å². The molecular weight excluding hydrogens is 514 g/mol. The third kappa shape index (κ3) is 10.2. The second-order valence-electron chi connectivity index (χ2n) is 11.6. The molecule has 2 saturated carbocycles. The minimum Gasteiger partial charge on any atom is -0.356 e. The van der Waals surface area contributed by atoms with Crippen LogP contribution in [0.4, 0.5) is 0 Å². The molecule has 11 nitrogen and oxygen atoms in total. The molecule has 4 N–H and O–H groups in total. The highest BCUT2D eigenvalue weighted by Crippen LogP contribution is 2.40. The highest BCUT2D eigenvalue weighted by Gasteiger charge is 2.39. The van der Waals surface area contributed by atoms with Crippen molar-refractivity contribution in [2.75, 3.05) is 26.2 Å². The minimum absolute atomic E-state index is 0.0475. The van der Waals surface area contributed by atoms with Crippen LogP contribution in [0.2, 0.25) is 0 Å². The van der Waals surface area contributed by atoms with Crippen molar-refractivity contribution in [2.45, 2.75) is 110 Å². The maximum atomic E-state index is 12.2. The van der Waals surface area contributed by atoms with Crippen molar-refractivity contribution in [3.05, 3.63) is 0 Å². The molecule has 40 heavy (non-hydrogen) atoms. The van der Waals surface area contributed by atoms with E-state index in [1.165, 1.54) is 6.42 Å². The predicted octanol–water partition coefficient (Wildman–Crippen LogP) is 1.59. The van der Waals surface area contributed by atoms with Crippen molar-refractivity contribution in [3.8, 4) is 0 Å². The second-order valence-corrected chi connectivity index (χ2v) is 11.6. The van der Waals surface area contributed by atoms with Crippen molar-refractivity contribution >= 4 is 35.8 Å². The highest BCUT2D eigenvalue weighted by atomic mass is 16.2. The normalized spacial score (nSPS) is 21.8. The van der Waals surface area contributed by atoms with Gasteiger partial charge in [-0.15, -0.1) is 0 Å². The first-order valence-corrected chi connectivity index (χ1v) is 15.0. The van der Waals surface area contributed by atoms with E-state index < -0.39 is 17.7 Å². The van der Waals surface area contributed by atoms with Gasteiger partial charge in [0.15, 0.2) is 0 Å². The van der Waals surface area contributed by atoms with Gasteiger partial charge in [0.25, 0.3) is 5.91 Å². The number of carbonyl (C=O) groups excluding carboxylic acids is 6. The third-order valence-corrected chi connectivity index (χ3v) is 8.05. The summed E-state index contributed by atoms with van der Waals surface area (Å²) < 4.78 is 0. The summed E-state index contributed by atoms with van der Waals surface area (Å²) in [7, 11) is 0. The molecule has 0 bridgehead atoms. The summed E-state index contributed by atoms with van der Waals surface area (Å²) in [6, 6.07) is -0.883. The summed E-state index contributed by atoms with van der Waals surface area (Å²) in [6.07, 6.45) is 11.5. The average Bonchev–Trinajstić information content (AvgIpc) is 3.70. The zero-order valence-corrected chi connectivity index (χ0v) is 24.5. The third-order valence-electron chi connectivity index (χ3n) is 8.05. The van der Waals surface area contributed by atoms with Gasteiger partial charge >= 0.3 is 0 Å². The number of nitrogens with zero attached hydrogens (tertiary/aromatic N) is 1. The Hall–Kier alpha value is -2.98. The number of likely N-dealkylation sites (tertiary alicyclic amines) is 1. The smallest absolute Gasteiger partial charge is 0.289 e. The molecule has 2 aliphatic heterocycles. The van der Waals surface area contributed by atoms with Crippen LogP contribution in [-0.4, -0.2) is 79.0 Å². The standard InChI is InChI=1S/C14H21N3O4.C12H20N2O2.C3H8/c18-8-16-11(7-9-5-6-15-13(9)20)12(19)14(21)17-10-3-1-2-4-10;1-12(5-4-6-12)11(16)13-9-10(15)14-7-2-3-8-14;1-3-2/h8-11H,1-7H2,(H,15,20)(H,16,18)(H,17,21);2-9H2,1H3,(H,13,16);3H2,1-2H3. The molecule has 0 radical (unpaired) electrons. The minimum atomic E-state index is -0.933. The Morgan fingerprint density at radius 2 is 1.65 bits per heavy atom. The van der Waals surface area contributed by atoms with Gasteiger partial charge < -0.3 is 26.2 Å². The molecule has 2 heterocycles. The zero-order chi connectivity index (χ0) is 29.5. The van der Waals surface area contributed by atoms with Crippen molar-refractivity contribution in [3.63, 3.8) is 0 Å². The van der Waals surface area contributed by atoms with Crippen LogP contribution >= 0.6 is 0 Å². The first kappa shape index (κ1) is 33.2. The zero-order valence-electron chi connectivity index (χ0n) is 24.5. The molecule has 226 valence electrons. The number of carbonyl (C=O) groups is 6. The maximum absolute atomic E-state index is 12.2. The molecule has 4 fully saturated rings. The monoisotopic (exact) mass is 563 g/mol. The van der Waals surface area contributed by atoms with Crippen molar-refractivity contribution in [1.29, 1.82) is 0 Å². The first-order chi connectivity index (χ1) is 19.1. The van der Waals surface area contributed by atoms with E-state index in [9.17, 15) is 28.8 Å². The molecule has 0 spiro atoms. The summed E-state index contributed by atoms with van der Waals surface area (Å²) in [5.74, 6) is -1.68.